The Labute approximate surface area is 93.6 Å². The molecule has 0 fully saturated rings. The van der Waals surface area contributed by atoms with Gasteiger partial charge in [0.15, 0.2) is 5.82 Å². The minimum absolute atomic E-state index is 0.115. The molecule has 0 saturated carbocycles. The van der Waals surface area contributed by atoms with Crippen LogP contribution in [-0.4, -0.2) is 27.8 Å². The number of aliphatic carboxylic acids is 1. The van der Waals surface area contributed by atoms with Crippen LogP contribution in [0.1, 0.15) is 37.9 Å². The van der Waals surface area contributed by atoms with Crippen LogP contribution in [-0.2, 0) is 22.6 Å². The molecule has 16 heavy (non-hydrogen) atoms. The van der Waals surface area contributed by atoms with Gasteiger partial charge in [-0.05, 0) is 12.8 Å². The van der Waals surface area contributed by atoms with E-state index in [1.165, 1.54) is 0 Å². The standard InChI is InChI=1S/C10H16N2O4/c1-2-6-15-7-8-11-9(16-12-8)4-3-5-10(13)14/h2-7H2,1H3,(H,13,14). The van der Waals surface area contributed by atoms with E-state index in [0.717, 1.165) is 6.42 Å². The molecule has 0 atom stereocenters. The van der Waals surface area contributed by atoms with Gasteiger partial charge >= 0.3 is 5.97 Å². The fourth-order valence-electron chi connectivity index (χ4n) is 1.15. The van der Waals surface area contributed by atoms with Crippen molar-refractivity contribution >= 4 is 5.97 Å². The summed E-state index contributed by atoms with van der Waals surface area (Å²) in [6.07, 6.45) is 2.06. The van der Waals surface area contributed by atoms with Gasteiger partial charge in [0.25, 0.3) is 0 Å². The average molecular weight is 228 g/mol. The second-order valence-corrected chi connectivity index (χ2v) is 3.40. The summed E-state index contributed by atoms with van der Waals surface area (Å²) in [6, 6.07) is 0. The van der Waals surface area contributed by atoms with Gasteiger partial charge in [-0.2, -0.15) is 4.98 Å². The third kappa shape index (κ3) is 4.88. The maximum absolute atomic E-state index is 10.3. The fraction of sp³-hybridized carbons (Fsp3) is 0.700. The number of ether oxygens (including phenoxy) is 1. The van der Waals surface area contributed by atoms with Crippen LogP contribution in [0.5, 0.6) is 0 Å². The van der Waals surface area contributed by atoms with Crippen LogP contribution < -0.4 is 0 Å². The number of carbonyl (C=O) groups is 1. The van der Waals surface area contributed by atoms with Crippen molar-refractivity contribution in [3.63, 3.8) is 0 Å². The van der Waals surface area contributed by atoms with Crippen LogP contribution in [0.2, 0.25) is 0 Å². The third-order valence-corrected chi connectivity index (χ3v) is 1.87. The molecule has 0 aliphatic heterocycles. The third-order valence-electron chi connectivity index (χ3n) is 1.87. The minimum atomic E-state index is -0.814. The van der Waals surface area contributed by atoms with E-state index < -0.39 is 5.97 Å². The first-order chi connectivity index (χ1) is 7.72. The molecule has 0 aliphatic carbocycles. The van der Waals surface area contributed by atoms with Gasteiger partial charge in [-0.25, -0.2) is 0 Å². The van der Waals surface area contributed by atoms with Gasteiger partial charge in [0.1, 0.15) is 6.61 Å². The van der Waals surface area contributed by atoms with Gasteiger partial charge in [-0.1, -0.05) is 12.1 Å². The van der Waals surface area contributed by atoms with E-state index in [-0.39, 0.29) is 6.42 Å². The van der Waals surface area contributed by atoms with E-state index in [2.05, 4.69) is 10.1 Å². The predicted molar refractivity (Wildman–Crippen MR) is 54.8 cm³/mol. The molecule has 0 saturated heterocycles. The van der Waals surface area contributed by atoms with Crippen LogP contribution in [0, 0.1) is 0 Å². The number of hydrogen-bond acceptors (Lipinski definition) is 5. The molecule has 1 rings (SSSR count). The van der Waals surface area contributed by atoms with Crippen LogP contribution in [0.25, 0.3) is 0 Å². The van der Waals surface area contributed by atoms with Crippen LogP contribution >= 0.6 is 0 Å². The number of aryl methyl sites for hydroxylation is 1. The molecule has 1 heterocycles. The molecule has 1 aromatic rings. The maximum atomic E-state index is 10.3. The molecule has 0 amide bonds. The van der Waals surface area contributed by atoms with E-state index in [1.807, 2.05) is 6.92 Å². The Bertz CT molecular complexity index is 324. The van der Waals surface area contributed by atoms with Crippen LogP contribution in [0.3, 0.4) is 0 Å². The first-order valence-corrected chi connectivity index (χ1v) is 5.33. The zero-order chi connectivity index (χ0) is 11.8. The van der Waals surface area contributed by atoms with Crippen molar-refractivity contribution < 1.29 is 19.2 Å². The highest BCUT2D eigenvalue weighted by atomic mass is 16.5. The van der Waals surface area contributed by atoms with E-state index >= 15 is 0 Å². The largest absolute Gasteiger partial charge is 0.481 e. The van der Waals surface area contributed by atoms with Gasteiger partial charge in [-0.15, -0.1) is 0 Å². The van der Waals surface area contributed by atoms with Crippen LogP contribution in [0.4, 0.5) is 0 Å². The highest BCUT2D eigenvalue weighted by molar-refractivity contribution is 5.66. The van der Waals surface area contributed by atoms with Crippen molar-refractivity contribution in [2.45, 2.75) is 39.2 Å². The average Bonchev–Trinajstić information content (AvgIpc) is 2.66. The number of hydrogen-bond donors (Lipinski definition) is 1. The number of rotatable bonds is 8. The molecule has 1 N–H and O–H groups in total. The van der Waals surface area contributed by atoms with E-state index in [9.17, 15) is 4.79 Å². The monoisotopic (exact) mass is 228 g/mol. The van der Waals surface area contributed by atoms with Crippen molar-refractivity contribution in [2.75, 3.05) is 6.61 Å². The lowest BCUT2D eigenvalue weighted by atomic mass is 10.2. The lowest BCUT2D eigenvalue weighted by Gasteiger charge is -1.95. The molecule has 6 nitrogen and oxygen atoms in total. The summed E-state index contributed by atoms with van der Waals surface area (Å²) in [6.45, 7) is 3.03. The smallest absolute Gasteiger partial charge is 0.303 e. The van der Waals surface area contributed by atoms with Gasteiger partial charge in [0, 0.05) is 19.4 Å². The van der Waals surface area contributed by atoms with Gasteiger partial charge in [0.2, 0.25) is 5.89 Å². The normalized spacial score (nSPS) is 10.6. The Morgan fingerprint density at radius 1 is 1.56 bits per heavy atom. The molecule has 6 heteroatoms. The summed E-state index contributed by atoms with van der Waals surface area (Å²) < 4.78 is 10.2. The lowest BCUT2D eigenvalue weighted by Crippen LogP contribution is -1.97. The molecule has 1 aromatic heterocycles. The second kappa shape index (κ2) is 6.95. The molecular weight excluding hydrogens is 212 g/mol. The van der Waals surface area contributed by atoms with E-state index in [1.54, 1.807) is 0 Å². The minimum Gasteiger partial charge on any atom is -0.481 e. The highest BCUT2D eigenvalue weighted by Gasteiger charge is 2.07. The molecule has 0 bridgehead atoms. The summed E-state index contributed by atoms with van der Waals surface area (Å²) in [5.74, 6) is 0.168. The van der Waals surface area contributed by atoms with Crippen molar-refractivity contribution in [1.29, 1.82) is 0 Å². The Morgan fingerprint density at radius 3 is 3.06 bits per heavy atom. The molecule has 0 radical (unpaired) electrons. The number of carboxylic acids is 1. The summed E-state index contributed by atoms with van der Waals surface area (Å²) >= 11 is 0. The summed E-state index contributed by atoms with van der Waals surface area (Å²) in [5, 5.41) is 12.2. The van der Waals surface area contributed by atoms with Crippen molar-refractivity contribution in [3.05, 3.63) is 11.7 Å². The predicted octanol–water partition coefficient (Wildman–Crippen LogP) is 1.40. The zero-order valence-corrected chi connectivity index (χ0v) is 9.31. The van der Waals surface area contributed by atoms with Gasteiger partial charge < -0.3 is 14.4 Å². The first kappa shape index (κ1) is 12.6. The first-order valence-electron chi connectivity index (χ1n) is 5.33. The molecule has 90 valence electrons. The molecule has 0 unspecified atom stereocenters. The summed E-state index contributed by atoms with van der Waals surface area (Å²) in [4.78, 5) is 14.4. The van der Waals surface area contributed by atoms with Gasteiger partial charge in [0.05, 0.1) is 0 Å². The van der Waals surface area contributed by atoms with E-state index in [0.29, 0.717) is 37.8 Å². The zero-order valence-electron chi connectivity index (χ0n) is 9.31. The number of carboxylic acid groups (broad SMARTS) is 1. The summed E-state index contributed by atoms with van der Waals surface area (Å²) in [5.41, 5.74) is 0. The molecule has 0 aromatic carbocycles. The number of aromatic nitrogens is 2. The lowest BCUT2D eigenvalue weighted by molar-refractivity contribution is -0.137. The van der Waals surface area contributed by atoms with Crippen molar-refractivity contribution in [2.24, 2.45) is 0 Å². The molecule has 0 aliphatic rings. The Balaban J connectivity index is 2.25. The Kier molecular flexibility index (Phi) is 5.49. The van der Waals surface area contributed by atoms with Crippen LogP contribution in [0.15, 0.2) is 4.52 Å². The number of nitrogens with zero attached hydrogens (tertiary/aromatic N) is 2. The summed E-state index contributed by atoms with van der Waals surface area (Å²) in [7, 11) is 0. The second-order valence-electron chi connectivity index (χ2n) is 3.40. The topological polar surface area (TPSA) is 85.5 Å². The molecule has 0 spiro atoms. The SMILES string of the molecule is CCCOCc1noc(CCCC(=O)O)n1. The van der Waals surface area contributed by atoms with Crippen molar-refractivity contribution in [3.8, 4) is 0 Å². The van der Waals surface area contributed by atoms with Gasteiger partial charge in [-0.3, -0.25) is 4.79 Å². The van der Waals surface area contributed by atoms with Crippen molar-refractivity contribution in [1.82, 2.24) is 10.1 Å². The molecular formula is C10H16N2O4. The quantitative estimate of drug-likeness (QED) is 0.677. The fourth-order valence-corrected chi connectivity index (χ4v) is 1.15. The Morgan fingerprint density at radius 2 is 2.38 bits per heavy atom. The van der Waals surface area contributed by atoms with E-state index in [4.69, 9.17) is 14.4 Å². The maximum Gasteiger partial charge on any atom is 0.303 e. The highest BCUT2D eigenvalue weighted by Crippen LogP contribution is 2.04. The Hall–Kier alpha value is -1.43.